The third-order valence-electron chi connectivity index (χ3n) is 14.5. The number of fused-ring (bicyclic) bond motifs is 2. The Kier molecular flexibility index (Phi) is 16.2. The van der Waals surface area contributed by atoms with E-state index in [1.54, 1.807) is 28.6 Å². The number of rotatable bonds is 20. The van der Waals surface area contributed by atoms with Gasteiger partial charge in [-0.25, -0.2) is 15.0 Å². The predicted molar refractivity (Wildman–Crippen MR) is 291 cm³/mol. The topological polar surface area (TPSA) is 181 Å². The summed E-state index contributed by atoms with van der Waals surface area (Å²) in [6.45, 7) is 13.6. The van der Waals surface area contributed by atoms with Crippen LogP contribution in [0, 0.1) is 12.8 Å². The first-order chi connectivity index (χ1) is 36.5. The Morgan fingerprint density at radius 2 is 1.65 bits per heavy atom. The van der Waals surface area contributed by atoms with Crippen molar-refractivity contribution in [2.75, 3.05) is 64.4 Å². The number of H-pyrrole nitrogens is 1. The molecule has 4 aromatic carbocycles. The molecule has 3 aromatic heterocycles. The van der Waals surface area contributed by atoms with Crippen LogP contribution in [0.2, 0.25) is 5.02 Å². The van der Waals surface area contributed by atoms with Crippen LogP contribution in [0.1, 0.15) is 58.6 Å². The minimum absolute atomic E-state index is 0.0111. The number of benzene rings is 4. The highest BCUT2D eigenvalue weighted by Gasteiger charge is 2.46. The molecule has 0 bridgehead atoms. The van der Waals surface area contributed by atoms with Gasteiger partial charge >= 0.3 is 0 Å². The summed E-state index contributed by atoms with van der Waals surface area (Å²) < 4.78 is 12.5. The third kappa shape index (κ3) is 11.9. The molecule has 3 aliphatic rings. The molecule has 6 heterocycles. The third-order valence-corrected chi connectivity index (χ3v) is 15.8. The number of carbonyl (C=O) groups is 3. The van der Waals surface area contributed by atoms with Gasteiger partial charge in [-0.2, -0.15) is 0 Å². The van der Waals surface area contributed by atoms with Gasteiger partial charge in [-0.05, 0) is 64.9 Å². The fraction of sp³-hybridized carbons (Fsp3) is 0.368. The van der Waals surface area contributed by atoms with E-state index in [9.17, 15) is 19.5 Å². The number of likely N-dealkylation sites (tertiary alicyclic amines) is 1. The number of carbonyl (C=O) groups excluding carboxylic acids is 3. The highest BCUT2D eigenvalue weighted by atomic mass is 35.5. The number of hydrogen-bond acceptors (Lipinski definition) is 13. The first kappa shape index (κ1) is 51.7. The fourth-order valence-electron chi connectivity index (χ4n) is 10.4. The molecule has 2 fully saturated rings. The molecule has 75 heavy (non-hydrogen) atoms. The predicted octanol–water partition coefficient (Wildman–Crippen LogP) is 7.79. The van der Waals surface area contributed by atoms with E-state index in [1.165, 1.54) is 10.5 Å². The Bertz CT molecular complexity index is 3140. The Labute approximate surface area is 446 Å². The lowest BCUT2D eigenvalue weighted by Gasteiger charge is -2.35. The number of aliphatic hydroxyl groups is 1. The second kappa shape index (κ2) is 23.4. The molecule has 0 radical (unpaired) electrons. The van der Waals surface area contributed by atoms with Crippen molar-refractivity contribution in [2.24, 2.45) is 5.92 Å². The van der Waals surface area contributed by atoms with Gasteiger partial charge in [-0.15, -0.1) is 11.3 Å². The maximum Gasteiger partial charge on any atom is 0.255 e. The average molecular weight is 1050 g/mol. The van der Waals surface area contributed by atoms with E-state index in [0.29, 0.717) is 49.2 Å². The number of nitrogens with zero attached hydrogens (tertiary/aromatic N) is 7. The SMILES string of the molecule is Cc1ncsc1-c1ccc(CNC(=O)[C@@H]2C[C@@H](O)CN2C(=O)[C@H](C(C)C)N2Cc3ccccc3C2=O)c(OCCOCCN2CCN(Cc3ccc(-c4cc5c(NCc6ccccc6Cl)ncnc5[nH]4)cc3)CC2)c1. The minimum atomic E-state index is -0.897. The summed E-state index contributed by atoms with van der Waals surface area (Å²) in [5.41, 5.74) is 11.0. The average Bonchev–Trinajstić information content (AvgIpc) is 4.23. The summed E-state index contributed by atoms with van der Waals surface area (Å²) in [6.07, 6.45) is 0.795. The van der Waals surface area contributed by atoms with Crippen LogP contribution in [0.5, 0.6) is 5.75 Å². The van der Waals surface area contributed by atoms with E-state index in [0.717, 1.165) is 100 Å². The molecule has 0 aliphatic carbocycles. The molecule has 0 unspecified atom stereocenters. The van der Waals surface area contributed by atoms with Crippen LogP contribution in [0.4, 0.5) is 5.82 Å². The van der Waals surface area contributed by atoms with Crippen molar-refractivity contribution in [1.82, 2.24) is 44.9 Å². The maximum absolute atomic E-state index is 14.3. The number of aliphatic hydroxyl groups excluding tert-OH is 1. The number of anilines is 1. The van der Waals surface area contributed by atoms with Crippen LogP contribution in [0.3, 0.4) is 0 Å². The van der Waals surface area contributed by atoms with Gasteiger partial charge in [-0.1, -0.05) is 98.2 Å². The normalized spacial score (nSPS) is 17.5. The van der Waals surface area contributed by atoms with Crippen LogP contribution in [0.25, 0.3) is 32.7 Å². The number of ether oxygens (including phenoxy) is 2. The van der Waals surface area contributed by atoms with Crippen molar-refractivity contribution >= 4 is 57.5 Å². The second-order valence-electron chi connectivity index (χ2n) is 19.9. The summed E-state index contributed by atoms with van der Waals surface area (Å²) in [5, 5.41) is 18.9. The molecule has 10 rings (SSSR count). The monoisotopic (exact) mass is 1050 g/mol. The number of nitrogens with one attached hydrogen (secondary N) is 3. The number of halogens is 1. The van der Waals surface area contributed by atoms with E-state index < -0.39 is 18.2 Å². The molecule has 4 N–H and O–H groups in total. The lowest BCUT2D eigenvalue weighted by Crippen LogP contribution is -2.55. The molecular weight excluding hydrogens is 988 g/mol. The van der Waals surface area contributed by atoms with Crippen molar-refractivity contribution < 1.29 is 29.0 Å². The molecular formula is C57H63ClN10O6S. The van der Waals surface area contributed by atoms with E-state index in [1.807, 2.05) is 86.9 Å². The Morgan fingerprint density at radius 3 is 2.43 bits per heavy atom. The molecule has 3 amide bonds. The summed E-state index contributed by atoms with van der Waals surface area (Å²) in [7, 11) is 0. The smallest absolute Gasteiger partial charge is 0.255 e. The first-order valence-corrected chi connectivity index (χ1v) is 27.0. The summed E-state index contributed by atoms with van der Waals surface area (Å²) in [4.78, 5) is 67.6. The van der Waals surface area contributed by atoms with Gasteiger partial charge in [-0.3, -0.25) is 24.2 Å². The summed E-state index contributed by atoms with van der Waals surface area (Å²) in [5.74, 6) is 0.226. The van der Waals surface area contributed by atoms with Gasteiger partial charge in [0.15, 0.2) is 0 Å². The second-order valence-corrected chi connectivity index (χ2v) is 21.1. The number of aromatic amines is 1. The number of aryl methyl sites for hydroxylation is 1. The number of hydrogen-bond donors (Lipinski definition) is 4. The number of aromatic nitrogens is 4. The first-order valence-electron chi connectivity index (χ1n) is 25.7. The molecule has 0 spiro atoms. The molecule has 18 heteroatoms. The summed E-state index contributed by atoms with van der Waals surface area (Å²) in [6, 6.07) is 30.2. The van der Waals surface area contributed by atoms with Crippen LogP contribution in [0.15, 0.2) is 109 Å². The Balaban J connectivity index is 0.681. The lowest BCUT2D eigenvalue weighted by atomic mass is 10.0. The van der Waals surface area contributed by atoms with Crippen molar-refractivity contribution in [3.63, 3.8) is 0 Å². The molecule has 16 nitrogen and oxygen atoms in total. The Morgan fingerprint density at radius 1 is 0.880 bits per heavy atom. The van der Waals surface area contributed by atoms with E-state index in [-0.39, 0.29) is 43.1 Å². The Hall–Kier alpha value is -6.73. The van der Waals surface area contributed by atoms with E-state index in [4.69, 9.17) is 21.1 Å². The van der Waals surface area contributed by atoms with Gasteiger partial charge in [0.25, 0.3) is 5.91 Å². The van der Waals surface area contributed by atoms with Gasteiger partial charge in [0.1, 0.15) is 42.2 Å². The van der Waals surface area contributed by atoms with Crippen LogP contribution in [-0.4, -0.2) is 140 Å². The maximum atomic E-state index is 14.3. The summed E-state index contributed by atoms with van der Waals surface area (Å²) >= 11 is 7.94. The number of amides is 3. The molecule has 7 aromatic rings. The van der Waals surface area contributed by atoms with Crippen LogP contribution in [-0.2, 0) is 40.5 Å². The van der Waals surface area contributed by atoms with Crippen LogP contribution < -0.4 is 15.4 Å². The largest absolute Gasteiger partial charge is 0.491 e. The highest BCUT2D eigenvalue weighted by Crippen LogP contribution is 2.34. The van der Waals surface area contributed by atoms with Gasteiger partial charge in [0.05, 0.1) is 40.8 Å². The standard InChI is InChI=1S/C57H63ClN10O6S/c1-36(2)51(68-32-43-9-4-6-10-45(43)56(68)71)57(72)67-33-44(69)27-49(67)55(70)60-30-42-17-16-40(52-37(3)63-35-75-52)26-50(42)74-25-24-73-23-22-65-18-20-66(21-19-65)31-38-12-14-39(15-13-38)48-28-46-53(61-34-62-54(46)64-48)59-29-41-8-5-7-11-47(41)58/h4-17,26,28,34-36,44,49,51,69H,18-25,27,29-33H2,1-3H3,(H,60,70)(H2,59,61,62,64)/t44-,49+,51+/m1/s1. The minimum Gasteiger partial charge on any atom is -0.491 e. The van der Waals surface area contributed by atoms with Crippen LogP contribution >= 0.6 is 22.9 Å². The van der Waals surface area contributed by atoms with Crippen molar-refractivity contribution in [1.29, 1.82) is 0 Å². The number of thiazole rings is 1. The molecule has 3 aliphatic heterocycles. The number of β-amino-alcohol motifs (C(OH)–C–C–N with tert-alkyl or cyclic N) is 1. The zero-order valence-corrected chi connectivity index (χ0v) is 44.1. The van der Waals surface area contributed by atoms with Gasteiger partial charge in [0.2, 0.25) is 11.8 Å². The van der Waals surface area contributed by atoms with Crippen molar-refractivity contribution in [2.45, 2.75) is 71.6 Å². The van der Waals surface area contributed by atoms with E-state index in [2.05, 4.69) is 70.7 Å². The van der Waals surface area contributed by atoms with Crippen molar-refractivity contribution in [3.8, 4) is 27.4 Å². The van der Waals surface area contributed by atoms with Gasteiger partial charge in [0, 0.05) is 93.7 Å². The van der Waals surface area contributed by atoms with Gasteiger partial charge < -0.3 is 40.0 Å². The lowest BCUT2D eigenvalue weighted by molar-refractivity contribution is -0.143. The quantitative estimate of drug-likeness (QED) is 0.0545. The van der Waals surface area contributed by atoms with Crippen molar-refractivity contribution in [3.05, 3.63) is 147 Å². The highest BCUT2D eigenvalue weighted by molar-refractivity contribution is 7.13. The molecule has 0 saturated carbocycles. The fourth-order valence-corrected chi connectivity index (χ4v) is 11.4. The molecule has 2 saturated heterocycles. The molecule has 3 atom stereocenters. The zero-order chi connectivity index (χ0) is 52.0. The van der Waals surface area contributed by atoms with E-state index >= 15 is 0 Å². The number of piperazine rings is 1. The molecule has 390 valence electrons. The zero-order valence-electron chi connectivity index (χ0n) is 42.5.